The zero-order valence-corrected chi connectivity index (χ0v) is 15.3. The van der Waals surface area contributed by atoms with Gasteiger partial charge >= 0.3 is 0 Å². The van der Waals surface area contributed by atoms with E-state index in [2.05, 4.69) is 15.3 Å². The number of anilines is 1. The third-order valence-corrected chi connectivity index (χ3v) is 4.91. The van der Waals surface area contributed by atoms with Gasteiger partial charge < -0.3 is 10.2 Å². The average molecular weight is 340 g/mol. The van der Waals surface area contributed by atoms with E-state index in [1.54, 1.807) is 0 Å². The highest BCUT2D eigenvalue weighted by Gasteiger charge is 2.16. The normalized spacial score (nSPS) is 15.8. The van der Waals surface area contributed by atoms with Crippen LogP contribution in [0.2, 0.25) is 0 Å². The number of aryl methyl sites for hydroxylation is 1. The molecular formula is C20H28N4O. The first kappa shape index (κ1) is 17.7. The number of rotatable bonds is 5. The first-order valence-corrected chi connectivity index (χ1v) is 9.29. The number of carbonyl (C=O) groups excluding carboxylic acids is 1. The van der Waals surface area contributed by atoms with Gasteiger partial charge in [-0.15, -0.1) is 0 Å². The van der Waals surface area contributed by atoms with Crippen molar-refractivity contribution in [1.29, 1.82) is 0 Å². The second kappa shape index (κ2) is 8.30. The van der Waals surface area contributed by atoms with E-state index in [9.17, 15) is 4.79 Å². The van der Waals surface area contributed by atoms with Gasteiger partial charge in [0.05, 0.1) is 22.8 Å². The van der Waals surface area contributed by atoms with E-state index in [1.165, 1.54) is 25.7 Å². The van der Waals surface area contributed by atoms with Gasteiger partial charge in [-0.2, -0.15) is 5.10 Å². The van der Waals surface area contributed by atoms with E-state index in [4.69, 9.17) is 0 Å². The molecule has 134 valence electrons. The topological polar surface area (TPSA) is 50.2 Å². The summed E-state index contributed by atoms with van der Waals surface area (Å²) in [6.07, 6.45) is 5.68. The molecule has 0 aliphatic carbocycles. The number of likely N-dealkylation sites (tertiary alicyclic amines) is 1. The van der Waals surface area contributed by atoms with Crippen LogP contribution in [0.3, 0.4) is 0 Å². The smallest absolute Gasteiger partial charge is 0.225 e. The number of benzene rings is 1. The van der Waals surface area contributed by atoms with Gasteiger partial charge in [0.15, 0.2) is 0 Å². The Bertz CT molecular complexity index is 700. The maximum Gasteiger partial charge on any atom is 0.225 e. The molecule has 1 fully saturated rings. The van der Waals surface area contributed by atoms with E-state index < -0.39 is 0 Å². The third-order valence-electron chi connectivity index (χ3n) is 4.91. The van der Waals surface area contributed by atoms with Crippen LogP contribution in [0.5, 0.6) is 0 Å². The van der Waals surface area contributed by atoms with Crippen LogP contribution >= 0.6 is 0 Å². The number of amides is 1. The molecule has 2 heterocycles. The lowest BCUT2D eigenvalue weighted by Crippen LogP contribution is -2.28. The fourth-order valence-electron chi connectivity index (χ4n) is 3.47. The van der Waals surface area contributed by atoms with Crippen molar-refractivity contribution in [3.63, 3.8) is 0 Å². The molecule has 1 amide bonds. The molecule has 5 heteroatoms. The molecule has 1 saturated heterocycles. The van der Waals surface area contributed by atoms with Gasteiger partial charge in [-0.1, -0.05) is 31.0 Å². The summed E-state index contributed by atoms with van der Waals surface area (Å²) in [5, 5.41) is 7.66. The summed E-state index contributed by atoms with van der Waals surface area (Å²) in [6, 6.07) is 10.0. The Labute approximate surface area is 150 Å². The summed E-state index contributed by atoms with van der Waals surface area (Å²) in [5.41, 5.74) is 3.66. The van der Waals surface area contributed by atoms with Crippen LogP contribution in [0.4, 0.5) is 5.69 Å². The molecule has 1 aromatic carbocycles. The molecule has 0 atom stereocenters. The van der Waals surface area contributed by atoms with Crippen LogP contribution in [0.1, 0.15) is 43.5 Å². The number of nitrogens with zero attached hydrogens (tertiary/aromatic N) is 3. The lowest BCUT2D eigenvalue weighted by atomic mass is 10.2. The Morgan fingerprint density at radius 2 is 1.76 bits per heavy atom. The summed E-state index contributed by atoms with van der Waals surface area (Å²) in [7, 11) is 0. The Morgan fingerprint density at radius 3 is 2.44 bits per heavy atom. The van der Waals surface area contributed by atoms with Gasteiger partial charge in [0.25, 0.3) is 0 Å². The average Bonchev–Trinajstić information content (AvgIpc) is 2.82. The highest BCUT2D eigenvalue weighted by atomic mass is 16.1. The molecular weight excluding hydrogens is 312 g/mol. The summed E-state index contributed by atoms with van der Waals surface area (Å²) in [4.78, 5) is 14.8. The monoisotopic (exact) mass is 340 g/mol. The Balaban J connectivity index is 1.62. The van der Waals surface area contributed by atoms with Crippen LogP contribution in [0.25, 0.3) is 5.69 Å². The van der Waals surface area contributed by atoms with Crippen LogP contribution in [-0.4, -0.2) is 40.2 Å². The molecule has 0 bridgehead atoms. The van der Waals surface area contributed by atoms with E-state index in [1.807, 2.05) is 48.9 Å². The predicted octanol–water partition coefficient (Wildman–Crippen LogP) is 3.69. The molecule has 1 N–H and O–H groups in total. The van der Waals surface area contributed by atoms with Crippen molar-refractivity contribution in [1.82, 2.24) is 14.7 Å². The second-order valence-electron chi connectivity index (χ2n) is 6.85. The molecule has 0 radical (unpaired) electrons. The molecule has 2 aromatic rings. The summed E-state index contributed by atoms with van der Waals surface area (Å²) in [6.45, 7) is 7.03. The summed E-state index contributed by atoms with van der Waals surface area (Å²) in [5.74, 6) is 0.0723. The van der Waals surface area contributed by atoms with Crippen LogP contribution in [0.15, 0.2) is 30.3 Å². The molecule has 0 saturated carbocycles. The molecule has 1 aromatic heterocycles. The first-order chi connectivity index (χ1) is 12.1. The van der Waals surface area contributed by atoms with Crippen molar-refractivity contribution in [2.75, 3.05) is 25.0 Å². The van der Waals surface area contributed by atoms with E-state index in [0.29, 0.717) is 6.42 Å². The highest BCUT2D eigenvalue weighted by molar-refractivity contribution is 5.92. The van der Waals surface area contributed by atoms with Crippen molar-refractivity contribution < 1.29 is 4.79 Å². The van der Waals surface area contributed by atoms with Gasteiger partial charge in [-0.05, 0) is 51.9 Å². The van der Waals surface area contributed by atoms with Gasteiger partial charge in [0.2, 0.25) is 5.91 Å². The largest absolute Gasteiger partial charge is 0.323 e. The van der Waals surface area contributed by atoms with Gasteiger partial charge in [0.1, 0.15) is 0 Å². The Hall–Kier alpha value is -2.14. The molecule has 1 aliphatic rings. The first-order valence-electron chi connectivity index (χ1n) is 9.29. The maximum atomic E-state index is 12.4. The number of hydrogen-bond acceptors (Lipinski definition) is 3. The quantitative estimate of drug-likeness (QED) is 0.903. The number of hydrogen-bond donors (Lipinski definition) is 1. The SMILES string of the molecule is Cc1nn(-c2ccccc2)c(C)c1NC(=O)CCN1CCCCCC1. The minimum Gasteiger partial charge on any atom is -0.323 e. The minimum absolute atomic E-state index is 0.0723. The van der Waals surface area contributed by atoms with Gasteiger partial charge in [-0.25, -0.2) is 4.68 Å². The van der Waals surface area contributed by atoms with E-state index in [0.717, 1.165) is 42.4 Å². The van der Waals surface area contributed by atoms with E-state index >= 15 is 0 Å². The molecule has 0 spiro atoms. The van der Waals surface area contributed by atoms with Crippen molar-refractivity contribution in [2.24, 2.45) is 0 Å². The van der Waals surface area contributed by atoms with Crippen molar-refractivity contribution in [3.05, 3.63) is 41.7 Å². The number of nitrogens with one attached hydrogen (secondary N) is 1. The van der Waals surface area contributed by atoms with E-state index in [-0.39, 0.29) is 5.91 Å². The Kier molecular flexibility index (Phi) is 5.87. The zero-order valence-electron chi connectivity index (χ0n) is 15.3. The summed E-state index contributed by atoms with van der Waals surface area (Å²) >= 11 is 0. The predicted molar refractivity (Wildman–Crippen MR) is 101 cm³/mol. The van der Waals surface area contributed by atoms with Gasteiger partial charge in [-0.3, -0.25) is 4.79 Å². The molecule has 0 unspecified atom stereocenters. The summed E-state index contributed by atoms with van der Waals surface area (Å²) < 4.78 is 1.89. The zero-order chi connectivity index (χ0) is 17.6. The molecule has 25 heavy (non-hydrogen) atoms. The number of aromatic nitrogens is 2. The molecule has 3 rings (SSSR count). The second-order valence-corrected chi connectivity index (χ2v) is 6.85. The van der Waals surface area contributed by atoms with Crippen LogP contribution in [-0.2, 0) is 4.79 Å². The lowest BCUT2D eigenvalue weighted by Gasteiger charge is -2.19. The fraction of sp³-hybridized carbons (Fsp3) is 0.500. The lowest BCUT2D eigenvalue weighted by molar-refractivity contribution is -0.116. The number of carbonyl (C=O) groups is 1. The number of para-hydroxylation sites is 1. The Morgan fingerprint density at radius 1 is 1.08 bits per heavy atom. The standard InChI is InChI=1S/C20H28N4O/c1-16-20(17(2)24(22-16)18-10-6-5-7-11-18)21-19(25)12-15-23-13-8-3-4-9-14-23/h5-7,10-11H,3-4,8-9,12-15H2,1-2H3,(H,21,25). The van der Waals surface area contributed by atoms with Crippen LogP contribution < -0.4 is 5.32 Å². The third kappa shape index (κ3) is 4.48. The fourth-order valence-corrected chi connectivity index (χ4v) is 3.47. The minimum atomic E-state index is 0.0723. The highest BCUT2D eigenvalue weighted by Crippen LogP contribution is 2.23. The van der Waals surface area contributed by atoms with Gasteiger partial charge in [0, 0.05) is 13.0 Å². The maximum absolute atomic E-state index is 12.4. The van der Waals surface area contributed by atoms with Crippen molar-refractivity contribution in [3.8, 4) is 5.69 Å². The van der Waals surface area contributed by atoms with Crippen molar-refractivity contribution >= 4 is 11.6 Å². The molecule has 5 nitrogen and oxygen atoms in total. The van der Waals surface area contributed by atoms with Crippen molar-refractivity contribution in [2.45, 2.75) is 46.0 Å². The molecule has 1 aliphatic heterocycles. The van der Waals surface area contributed by atoms with Crippen LogP contribution in [0, 0.1) is 13.8 Å².